The molecule has 1 aliphatic carbocycles. The number of rotatable bonds is 4. The van der Waals surface area contributed by atoms with Crippen LogP contribution in [0, 0.1) is 11.8 Å². The van der Waals surface area contributed by atoms with Crippen molar-refractivity contribution in [2.24, 2.45) is 18.9 Å². The van der Waals surface area contributed by atoms with E-state index in [1.54, 1.807) is 4.68 Å². The minimum absolute atomic E-state index is 0.0780. The first-order valence-corrected chi connectivity index (χ1v) is 10.7. The molecule has 1 N–H and O–H groups in total. The number of carbonyl (C=O) groups excluding carboxylic acids is 1. The topological polar surface area (TPSA) is 84.7 Å². The Hall–Kier alpha value is -1.89. The Morgan fingerprint density at radius 2 is 1.82 bits per heavy atom. The smallest absolute Gasteiger partial charge is 0.309 e. The van der Waals surface area contributed by atoms with Crippen LogP contribution in [0.3, 0.4) is 0 Å². The molecule has 0 aromatic carbocycles. The lowest BCUT2D eigenvalue weighted by atomic mass is 9.83. The van der Waals surface area contributed by atoms with Crippen LogP contribution in [0.5, 0.6) is 0 Å². The third-order valence-electron chi connectivity index (χ3n) is 6.82. The summed E-state index contributed by atoms with van der Waals surface area (Å²) in [5, 5.41) is 14.0. The number of carboxylic acids is 1. The summed E-state index contributed by atoms with van der Waals surface area (Å²) in [6.45, 7) is 1.85. The number of aliphatic carboxylic acids is 1. The first-order valence-electron chi connectivity index (χ1n) is 10.7. The molecule has 3 fully saturated rings. The molecule has 7 heteroatoms. The number of amides is 1. The van der Waals surface area contributed by atoms with E-state index in [1.807, 2.05) is 18.1 Å². The lowest BCUT2D eigenvalue weighted by molar-refractivity contribution is -0.145. The Balaban J connectivity index is 1.41. The van der Waals surface area contributed by atoms with Gasteiger partial charge in [-0.25, -0.2) is 0 Å². The largest absolute Gasteiger partial charge is 0.481 e. The molecule has 1 aromatic rings. The Morgan fingerprint density at radius 3 is 2.50 bits per heavy atom. The van der Waals surface area contributed by atoms with E-state index < -0.39 is 11.9 Å². The second-order valence-corrected chi connectivity index (χ2v) is 8.64. The van der Waals surface area contributed by atoms with Gasteiger partial charge >= 0.3 is 5.97 Å². The Kier molecular flexibility index (Phi) is 5.71. The zero-order valence-corrected chi connectivity index (χ0v) is 16.7. The maximum absolute atomic E-state index is 13.2. The van der Waals surface area contributed by atoms with Crippen LogP contribution in [0.25, 0.3) is 0 Å². The Labute approximate surface area is 166 Å². The van der Waals surface area contributed by atoms with Gasteiger partial charge in [-0.05, 0) is 38.0 Å². The Bertz CT molecular complexity index is 717. The van der Waals surface area contributed by atoms with Crippen molar-refractivity contribution < 1.29 is 19.4 Å². The van der Waals surface area contributed by atoms with Crippen molar-refractivity contribution >= 4 is 11.9 Å². The van der Waals surface area contributed by atoms with E-state index in [1.165, 1.54) is 19.3 Å². The van der Waals surface area contributed by atoms with Crippen LogP contribution >= 0.6 is 0 Å². The van der Waals surface area contributed by atoms with Crippen molar-refractivity contribution in [1.82, 2.24) is 14.7 Å². The number of aromatic nitrogens is 2. The van der Waals surface area contributed by atoms with E-state index >= 15 is 0 Å². The van der Waals surface area contributed by atoms with Gasteiger partial charge in [0.1, 0.15) is 0 Å². The summed E-state index contributed by atoms with van der Waals surface area (Å²) in [5.41, 5.74) is 1.73. The third kappa shape index (κ3) is 3.81. The van der Waals surface area contributed by atoms with Gasteiger partial charge in [-0.2, -0.15) is 5.10 Å². The molecule has 4 rings (SSSR count). The van der Waals surface area contributed by atoms with Crippen molar-refractivity contribution in [2.45, 2.75) is 63.4 Å². The van der Waals surface area contributed by atoms with E-state index in [-0.39, 0.29) is 17.9 Å². The summed E-state index contributed by atoms with van der Waals surface area (Å²) < 4.78 is 7.52. The highest BCUT2D eigenvalue weighted by Crippen LogP contribution is 2.36. The highest BCUT2D eigenvalue weighted by molar-refractivity contribution is 5.95. The summed E-state index contributed by atoms with van der Waals surface area (Å²) in [6, 6.07) is 0. The third-order valence-corrected chi connectivity index (χ3v) is 6.82. The van der Waals surface area contributed by atoms with Crippen molar-refractivity contribution in [3.63, 3.8) is 0 Å². The first kappa shape index (κ1) is 19.4. The lowest BCUT2D eigenvalue weighted by Gasteiger charge is -2.35. The van der Waals surface area contributed by atoms with E-state index in [4.69, 9.17) is 4.74 Å². The first-order chi connectivity index (χ1) is 13.5. The van der Waals surface area contributed by atoms with Gasteiger partial charge in [0.05, 0.1) is 23.3 Å². The summed E-state index contributed by atoms with van der Waals surface area (Å²) in [4.78, 5) is 26.6. The molecular weight excluding hydrogens is 358 g/mol. The molecule has 0 bridgehead atoms. The number of likely N-dealkylation sites (tertiary alicyclic amines) is 1. The number of carboxylic acid groups (broad SMARTS) is 1. The average Bonchev–Trinajstić information content (AvgIpc) is 3.35. The number of aryl methyl sites for hydroxylation is 1. The molecule has 2 saturated heterocycles. The molecule has 1 saturated carbocycles. The highest BCUT2D eigenvalue weighted by atomic mass is 16.5. The molecular formula is C21H31N3O4. The molecule has 28 heavy (non-hydrogen) atoms. The quantitative estimate of drug-likeness (QED) is 0.856. The molecule has 154 valence electrons. The fraction of sp³-hybridized carbons (Fsp3) is 0.762. The summed E-state index contributed by atoms with van der Waals surface area (Å²) in [6.07, 6.45) is 9.83. The molecule has 0 spiro atoms. The van der Waals surface area contributed by atoms with Crippen LogP contribution in [0.15, 0.2) is 6.20 Å². The lowest BCUT2D eigenvalue weighted by Crippen LogP contribution is -2.43. The SMILES string of the molecule is Cn1cc(C(=O)N2CCC([C@@H]3OCCC3C(=O)O)CC2)c(C2CCCCC2)n1. The van der Waals surface area contributed by atoms with Crippen molar-refractivity contribution in [1.29, 1.82) is 0 Å². The van der Waals surface area contributed by atoms with Gasteiger partial charge in [-0.15, -0.1) is 0 Å². The molecule has 3 aliphatic rings. The van der Waals surface area contributed by atoms with Gasteiger partial charge < -0.3 is 14.7 Å². The zero-order valence-electron chi connectivity index (χ0n) is 16.7. The number of hydrogen-bond donors (Lipinski definition) is 1. The van der Waals surface area contributed by atoms with E-state index in [9.17, 15) is 14.7 Å². The second kappa shape index (κ2) is 8.23. The van der Waals surface area contributed by atoms with Crippen molar-refractivity contribution in [3.05, 3.63) is 17.5 Å². The predicted molar refractivity (Wildman–Crippen MR) is 103 cm³/mol. The number of hydrogen-bond acceptors (Lipinski definition) is 4. The number of nitrogens with zero attached hydrogens (tertiary/aromatic N) is 3. The normalized spacial score (nSPS) is 27.2. The minimum Gasteiger partial charge on any atom is -0.481 e. The Morgan fingerprint density at radius 1 is 1.11 bits per heavy atom. The van der Waals surface area contributed by atoms with Crippen LogP contribution < -0.4 is 0 Å². The van der Waals surface area contributed by atoms with Crippen LogP contribution in [-0.2, 0) is 16.6 Å². The number of piperidine rings is 1. The van der Waals surface area contributed by atoms with E-state index in [0.29, 0.717) is 32.0 Å². The van der Waals surface area contributed by atoms with Crippen LogP contribution in [0.4, 0.5) is 0 Å². The molecule has 2 aliphatic heterocycles. The molecule has 1 amide bonds. The number of ether oxygens (including phenoxy) is 1. The van der Waals surface area contributed by atoms with Crippen molar-refractivity contribution in [2.75, 3.05) is 19.7 Å². The molecule has 1 unspecified atom stereocenters. The molecule has 7 nitrogen and oxygen atoms in total. The predicted octanol–water partition coefficient (Wildman–Crippen LogP) is 2.81. The zero-order chi connectivity index (χ0) is 19.7. The van der Waals surface area contributed by atoms with Crippen LogP contribution in [0.2, 0.25) is 0 Å². The summed E-state index contributed by atoms with van der Waals surface area (Å²) in [7, 11) is 1.89. The highest BCUT2D eigenvalue weighted by Gasteiger charge is 2.41. The standard InChI is InChI=1S/C21H31N3O4/c1-23-13-17(18(22-23)14-5-3-2-4-6-14)20(25)24-10-7-15(8-11-24)19-16(21(26)27)9-12-28-19/h13-16,19H,2-12H2,1H3,(H,26,27)/t16?,19-/m0/s1. The van der Waals surface area contributed by atoms with Crippen LogP contribution in [0.1, 0.15) is 73.3 Å². The van der Waals surface area contributed by atoms with Gasteiger partial charge in [-0.1, -0.05) is 19.3 Å². The average molecular weight is 389 g/mol. The summed E-state index contributed by atoms with van der Waals surface area (Å²) >= 11 is 0. The maximum atomic E-state index is 13.2. The van der Waals surface area contributed by atoms with Crippen LogP contribution in [-0.4, -0.2) is 57.5 Å². The van der Waals surface area contributed by atoms with Gasteiger partial charge in [0.25, 0.3) is 5.91 Å². The molecule has 2 atom stereocenters. The molecule has 1 aromatic heterocycles. The van der Waals surface area contributed by atoms with E-state index in [2.05, 4.69) is 5.10 Å². The van der Waals surface area contributed by atoms with E-state index in [0.717, 1.165) is 36.9 Å². The van der Waals surface area contributed by atoms with Gasteiger partial charge in [0.2, 0.25) is 0 Å². The van der Waals surface area contributed by atoms with Crippen molar-refractivity contribution in [3.8, 4) is 0 Å². The van der Waals surface area contributed by atoms with Gasteiger partial charge in [0.15, 0.2) is 0 Å². The summed E-state index contributed by atoms with van der Waals surface area (Å²) in [5.74, 6) is -0.458. The second-order valence-electron chi connectivity index (χ2n) is 8.64. The maximum Gasteiger partial charge on any atom is 0.309 e. The van der Waals surface area contributed by atoms with Gasteiger partial charge in [0, 0.05) is 38.9 Å². The van der Waals surface area contributed by atoms with Gasteiger partial charge in [-0.3, -0.25) is 14.3 Å². The monoisotopic (exact) mass is 389 g/mol. The molecule has 0 radical (unpaired) electrons. The molecule has 3 heterocycles. The minimum atomic E-state index is -0.756. The fourth-order valence-electron chi connectivity index (χ4n) is 5.29. The fourth-order valence-corrected chi connectivity index (χ4v) is 5.29. The number of carbonyl (C=O) groups is 2.